The van der Waals surface area contributed by atoms with E-state index >= 15 is 0 Å². The van der Waals surface area contributed by atoms with Crippen molar-refractivity contribution in [2.75, 3.05) is 5.32 Å². The molecule has 0 radical (unpaired) electrons. The number of benzene rings is 1. The number of carbonyl (C=O) groups excluding carboxylic acids is 1. The van der Waals surface area contributed by atoms with Crippen molar-refractivity contribution in [2.24, 2.45) is 0 Å². The summed E-state index contributed by atoms with van der Waals surface area (Å²) in [6.07, 6.45) is 2.61. The van der Waals surface area contributed by atoms with Crippen LogP contribution < -0.4 is 10.6 Å². The molecule has 6 heteroatoms. The number of halogens is 1. The maximum atomic E-state index is 12.0. The van der Waals surface area contributed by atoms with E-state index in [1.165, 1.54) is 0 Å². The van der Waals surface area contributed by atoms with Gasteiger partial charge in [-0.25, -0.2) is 9.59 Å². The third kappa shape index (κ3) is 3.12. The summed E-state index contributed by atoms with van der Waals surface area (Å²) in [6.45, 7) is 1.88. The highest BCUT2D eigenvalue weighted by molar-refractivity contribution is 9.10. The Kier molecular flexibility index (Phi) is 4.32. The second kappa shape index (κ2) is 5.83. The zero-order valence-corrected chi connectivity index (χ0v) is 12.8. The van der Waals surface area contributed by atoms with Gasteiger partial charge in [-0.05, 0) is 43.5 Å². The minimum absolute atomic E-state index is 0.472. The van der Waals surface area contributed by atoms with Crippen molar-refractivity contribution in [3.05, 3.63) is 28.2 Å². The number of amides is 2. The largest absolute Gasteiger partial charge is 0.480 e. The minimum Gasteiger partial charge on any atom is -0.480 e. The average molecular weight is 341 g/mol. The SMILES string of the molecule is Cc1cc(Br)ccc1NC(=O)NC1(C(=O)O)CCCC1. The molecule has 1 fully saturated rings. The fourth-order valence-electron chi connectivity index (χ4n) is 2.51. The first kappa shape index (κ1) is 14.8. The Bertz CT molecular complexity index is 539. The number of carboxylic acid groups (broad SMARTS) is 1. The molecule has 5 nitrogen and oxygen atoms in total. The smallest absolute Gasteiger partial charge is 0.329 e. The van der Waals surface area contributed by atoms with Crippen molar-refractivity contribution >= 4 is 33.6 Å². The molecule has 0 atom stereocenters. The number of hydrogen-bond acceptors (Lipinski definition) is 2. The predicted molar refractivity (Wildman–Crippen MR) is 79.9 cm³/mol. The molecule has 0 aromatic heterocycles. The molecule has 0 heterocycles. The van der Waals surface area contributed by atoms with Crippen LogP contribution in [0.15, 0.2) is 22.7 Å². The van der Waals surface area contributed by atoms with Crippen molar-refractivity contribution in [1.29, 1.82) is 0 Å². The number of nitrogens with one attached hydrogen (secondary N) is 2. The van der Waals surface area contributed by atoms with Gasteiger partial charge in [0.15, 0.2) is 0 Å². The average Bonchev–Trinajstić information content (AvgIpc) is 2.82. The molecule has 1 aromatic carbocycles. The van der Waals surface area contributed by atoms with Crippen LogP contribution in [0.5, 0.6) is 0 Å². The van der Waals surface area contributed by atoms with Crippen LogP contribution in [-0.4, -0.2) is 22.6 Å². The van der Waals surface area contributed by atoms with E-state index < -0.39 is 17.5 Å². The summed E-state index contributed by atoms with van der Waals surface area (Å²) in [7, 11) is 0. The summed E-state index contributed by atoms with van der Waals surface area (Å²) in [5, 5.41) is 14.7. The first-order chi connectivity index (χ1) is 9.43. The molecule has 3 N–H and O–H groups in total. The van der Waals surface area contributed by atoms with Crippen molar-refractivity contribution < 1.29 is 14.7 Å². The summed E-state index contributed by atoms with van der Waals surface area (Å²) >= 11 is 3.35. The van der Waals surface area contributed by atoms with E-state index in [-0.39, 0.29) is 0 Å². The highest BCUT2D eigenvalue weighted by Crippen LogP contribution is 2.30. The Hall–Kier alpha value is -1.56. The first-order valence-corrected chi connectivity index (χ1v) is 7.31. The third-order valence-electron chi connectivity index (χ3n) is 3.66. The zero-order valence-electron chi connectivity index (χ0n) is 11.2. The Balaban J connectivity index is 2.07. The van der Waals surface area contributed by atoms with E-state index in [4.69, 9.17) is 0 Å². The monoisotopic (exact) mass is 340 g/mol. The number of rotatable bonds is 3. The van der Waals surface area contributed by atoms with Gasteiger partial charge >= 0.3 is 12.0 Å². The van der Waals surface area contributed by atoms with Crippen LogP contribution in [0.2, 0.25) is 0 Å². The second-order valence-corrected chi connectivity index (χ2v) is 6.05. The molecular formula is C14H17BrN2O3. The van der Waals surface area contributed by atoms with Gasteiger partial charge in [-0.15, -0.1) is 0 Å². The van der Waals surface area contributed by atoms with Crippen molar-refractivity contribution in [1.82, 2.24) is 5.32 Å². The van der Waals surface area contributed by atoms with Crippen molar-refractivity contribution in [2.45, 2.75) is 38.1 Å². The normalized spacial score (nSPS) is 16.7. The lowest BCUT2D eigenvalue weighted by atomic mass is 9.98. The second-order valence-electron chi connectivity index (χ2n) is 5.13. The van der Waals surface area contributed by atoms with Crippen LogP contribution in [0, 0.1) is 6.92 Å². The Morgan fingerprint density at radius 2 is 1.95 bits per heavy atom. The molecule has 20 heavy (non-hydrogen) atoms. The molecule has 0 saturated heterocycles. The molecule has 0 unspecified atom stereocenters. The number of aryl methyl sites for hydroxylation is 1. The quantitative estimate of drug-likeness (QED) is 0.789. The topological polar surface area (TPSA) is 78.4 Å². The number of urea groups is 1. The number of anilines is 1. The highest BCUT2D eigenvalue weighted by atomic mass is 79.9. The Labute approximate surface area is 125 Å². The third-order valence-corrected chi connectivity index (χ3v) is 4.15. The molecule has 2 amide bonds. The van der Waals surface area contributed by atoms with Crippen LogP contribution in [0.25, 0.3) is 0 Å². The van der Waals surface area contributed by atoms with Gasteiger partial charge in [0.2, 0.25) is 0 Å². The lowest BCUT2D eigenvalue weighted by molar-refractivity contribution is -0.144. The molecule has 1 aliphatic carbocycles. The standard InChI is InChI=1S/C14H17BrN2O3/c1-9-8-10(15)4-5-11(9)16-13(20)17-14(12(18)19)6-2-3-7-14/h4-5,8H,2-3,6-7H2,1H3,(H,18,19)(H2,16,17,20). The summed E-state index contributed by atoms with van der Waals surface area (Å²) in [5.74, 6) is -0.960. The fourth-order valence-corrected chi connectivity index (χ4v) is 2.98. The van der Waals surface area contributed by atoms with E-state index in [1.807, 2.05) is 19.1 Å². The number of hydrogen-bond donors (Lipinski definition) is 3. The van der Waals surface area contributed by atoms with Crippen LogP contribution in [-0.2, 0) is 4.79 Å². The van der Waals surface area contributed by atoms with Gasteiger partial charge in [-0.1, -0.05) is 28.8 Å². The molecular weight excluding hydrogens is 324 g/mol. The van der Waals surface area contributed by atoms with Gasteiger partial charge in [-0.3, -0.25) is 0 Å². The maximum Gasteiger partial charge on any atom is 0.329 e. The predicted octanol–water partition coefficient (Wildman–Crippen LogP) is 3.28. The molecule has 0 aliphatic heterocycles. The summed E-state index contributed by atoms with van der Waals surface area (Å²) in [6, 6.07) is 5.02. The fraction of sp³-hybridized carbons (Fsp3) is 0.429. The van der Waals surface area contributed by atoms with Crippen LogP contribution in [0.1, 0.15) is 31.2 Å². The number of aliphatic carboxylic acids is 1. The summed E-state index contributed by atoms with van der Waals surface area (Å²) in [4.78, 5) is 23.4. The van der Waals surface area contributed by atoms with Crippen molar-refractivity contribution in [3.63, 3.8) is 0 Å². The van der Waals surface area contributed by atoms with Gasteiger partial charge in [0.05, 0.1) is 0 Å². The van der Waals surface area contributed by atoms with Crippen LogP contribution in [0.3, 0.4) is 0 Å². The molecule has 108 valence electrons. The van der Waals surface area contributed by atoms with E-state index in [9.17, 15) is 14.7 Å². The van der Waals surface area contributed by atoms with Gasteiger partial charge in [0, 0.05) is 10.2 Å². The molecule has 0 spiro atoms. The van der Waals surface area contributed by atoms with Crippen LogP contribution in [0.4, 0.5) is 10.5 Å². The van der Waals surface area contributed by atoms with E-state index in [2.05, 4.69) is 26.6 Å². The lowest BCUT2D eigenvalue weighted by Gasteiger charge is -2.25. The van der Waals surface area contributed by atoms with Crippen molar-refractivity contribution in [3.8, 4) is 0 Å². The Morgan fingerprint density at radius 1 is 1.30 bits per heavy atom. The maximum absolute atomic E-state index is 12.0. The van der Waals surface area contributed by atoms with E-state index in [0.717, 1.165) is 22.9 Å². The molecule has 2 rings (SSSR count). The zero-order chi connectivity index (χ0) is 14.8. The van der Waals surface area contributed by atoms with Crippen LogP contribution >= 0.6 is 15.9 Å². The minimum atomic E-state index is -1.12. The van der Waals surface area contributed by atoms with E-state index in [0.29, 0.717) is 18.5 Å². The summed E-state index contributed by atoms with van der Waals surface area (Å²) in [5.41, 5.74) is 0.461. The molecule has 0 bridgehead atoms. The molecule has 1 aromatic rings. The van der Waals surface area contributed by atoms with Gasteiger partial charge < -0.3 is 15.7 Å². The highest BCUT2D eigenvalue weighted by Gasteiger charge is 2.42. The molecule has 1 saturated carbocycles. The van der Waals surface area contributed by atoms with Gasteiger partial charge in [-0.2, -0.15) is 0 Å². The first-order valence-electron chi connectivity index (χ1n) is 6.52. The Morgan fingerprint density at radius 3 is 2.50 bits per heavy atom. The molecule has 1 aliphatic rings. The number of carbonyl (C=O) groups is 2. The number of carboxylic acids is 1. The van der Waals surface area contributed by atoms with Gasteiger partial charge in [0.1, 0.15) is 5.54 Å². The van der Waals surface area contributed by atoms with Gasteiger partial charge in [0.25, 0.3) is 0 Å². The summed E-state index contributed by atoms with van der Waals surface area (Å²) < 4.78 is 0.929. The van der Waals surface area contributed by atoms with E-state index in [1.54, 1.807) is 6.07 Å². The lowest BCUT2D eigenvalue weighted by Crippen LogP contribution is -2.53.